The van der Waals surface area contributed by atoms with Gasteiger partial charge in [-0.1, -0.05) is 18.2 Å². The number of hydrogen-bond acceptors (Lipinski definition) is 5. The summed E-state index contributed by atoms with van der Waals surface area (Å²) in [5.74, 6) is -1.10. The van der Waals surface area contributed by atoms with E-state index in [1.54, 1.807) is 0 Å². The lowest BCUT2D eigenvalue weighted by Gasteiger charge is -2.55. The van der Waals surface area contributed by atoms with E-state index in [-0.39, 0.29) is 18.6 Å². The second kappa shape index (κ2) is 5.04. The minimum atomic E-state index is -1.37. The summed E-state index contributed by atoms with van der Waals surface area (Å²) in [6.07, 6.45) is -0.0974. The SMILES string of the molecule is C[C@@H]1CN2c3ccccc3CC3(C(=O)NC(=O)NC3=O)[C@H]2[C@@H](C)O1. The molecule has 7 nitrogen and oxygen atoms in total. The van der Waals surface area contributed by atoms with Gasteiger partial charge in [-0.25, -0.2) is 4.79 Å². The van der Waals surface area contributed by atoms with Crippen molar-refractivity contribution >= 4 is 23.5 Å². The van der Waals surface area contributed by atoms with Crippen molar-refractivity contribution in [2.45, 2.75) is 38.5 Å². The lowest BCUT2D eigenvalue weighted by molar-refractivity contribution is -0.153. The van der Waals surface area contributed by atoms with Gasteiger partial charge in [0.15, 0.2) is 5.41 Å². The number of nitrogens with zero attached hydrogens (tertiary/aromatic N) is 1. The van der Waals surface area contributed by atoms with Crippen LogP contribution in [0.5, 0.6) is 0 Å². The summed E-state index contributed by atoms with van der Waals surface area (Å²) in [4.78, 5) is 39.2. The van der Waals surface area contributed by atoms with Crippen LogP contribution in [0.4, 0.5) is 10.5 Å². The van der Waals surface area contributed by atoms with E-state index < -0.39 is 29.3 Å². The zero-order valence-electron chi connectivity index (χ0n) is 13.5. The van der Waals surface area contributed by atoms with E-state index in [1.807, 2.05) is 38.1 Å². The van der Waals surface area contributed by atoms with Gasteiger partial charge in [0, 0.05) is 12.2 Å². The molecule has 126 valence electrons. The summed E-state index contributed by atoms with van der Waals surface area (Å²) in [6.45, 7) is 4.43. The molecule has 4 rings (SSSR count). The fourth-order valence-corrected chi connectivity index (χ4v) is 4.38. The van der Waals surface area contributed by atoms with Crippen LogP contribution in [0, 0.1) is 5.41 Å². The van der Waals surface area contributed by atoms with E-state index in [1.165, 1.54) is 0 Å². The Hall–Kier alpha value is -2.41. The molecule has 3 atom stereocenters. The monoisotopic (exact) mass is 329 g/mol. The molecule has 0 radical (unpaired) electrons. The predicted molar refractivity (Wildman–Crippen MR) is 85.4 cm³/mol. The molecule has 3 heterocycles. The summed E-state index contributed by atoms with van der Waals surface area (Å²) in [5, 5.41) is 4.55. The lowest BCUT2D eigenvalue weighted by Crippen LogP contribution is -2.75. The fourth-order valence-electron chi connectivity index (χ4n) is 4.38. The van der Waals surface area contributed by atoms with E-state index >= 15 is 0 Å². The maximum atomic E-state index is 12.8. The van der Waals surface area contributed by atoms with E-state index in [9.17, 15) is 14.4 Å². The molecule has 2 fully saturated rings. The van der Waals surface area contributed by atoms with Crippen molar-refractivity contribution in [3.63, 3.8) is 0 Å². The average molecular weight is 329 g/mol. The second-order valence-electron chi connectivity index (χ2n) is 6.76. The molecule has 2 saturated heterocycles. The molecule has 7 heteroatoms. The standard InChI is InChI=1S/C17H19N3O4/c1-9-8-20-12-6-4-3-5-11(12)7-17(13(20)10(2)24-9)14(21)18-16(23)19-15(17)22/h3-6,9-10,13H,7-8H2,1-2H3,(H2,18,19,21,22,23)/t9-,10-,13-/m1/s1. The first-order valence-electron chi connectivity index (χ1n) is 8.10. The van der Waals surface area contributed by atoms with Crippen LogP contribution in [-0.2, 0) is 20.7 Å². The number of carbonyl (C=O) groups is 3. The number of nitrogens with one attached hydrogen (secondary N) is 2. The minimum absolute atomic E-state index is 0.0178. The highest BCUT2D eigenvalue weighted by atomic mass is 16.5. The molecule has 1 aromatic carbocycles. The zero-order chi connectivity index (χ0) is 17.1. The largest absolute Gasteiger partial charge is 0.372 e. The van der Waals surface area contributed by atoms with Crippen molar-refractivity contribution in [2.75, 3.05) is 11.4 Å². The highest BCUT2D eigenvalue weighted by Crippen LogP contribution is 2.46. The van der Waals surface area contributed by atoms with Crippen molar-refractivity contribution in [3.8, 4) is 0 Å². The minimum Gasteiger partial charge on any atom is -0.372 e. The summed E-state index contributed by atoms with van der Waals surface area (Å²) < 4.78 is 5.94. The number of imide groups is 2. The van der Waals surface area contributed by atoms with Crippen LogP contribution in [0.3, 0.4) is 0 Å². The van der Waals surface area contributed by atoms with Gasteiger partial charge in [0.1, 0.15) is 0 Å². The van der Waals surface area contributed by atoms with Gasteiger partial charge in [-0.15, -0.1) is 0 Å². The number of para-hydroxylation sites is 1. The van der Waals surface area contributed by atoms with Gasteiger partial charge >= 0.3 is 6.03 Å². The molecular weight excluding hydrogens is 310 g/mol. The Morgan fingerprint density at radius 2 is 1.79 bits per heavy atom. The number of carbonyl (C=O) groups excluding carboxylic acids is 3. The first kappa shape index (κ1) is 15.1. The Morgan fingerprint density at radius 1 is 1.12 bits per heavy atom. The maximum Gasteiger partial charge on any atom is 0.328 e. The van der Waals surface area contributed by atoms with Crippen LogP contribution < -0.4 is 15.5 Å². The van der Waals surface area contributed by atoms with Crippen LogP contribution in [0.1, 0.15) is 19.4 Å². The molecule has 0 aliphatic carbocycles. The van der Waals surface area contributed by atoms with Crippen molar-refractivity contribution in [3.05, 3.63) is 29.8 Å². The normalized spacial score (nSPS) is 31.2. The van der Waals surface area contributed by atoms with Gasteiger partial charge in [-0.3, -0.25) is 20.2 Å². The number of fused-ring (bicyclic) bond motifs is 4. The molecule has 0 aromatic heterocycles. The van der Waals surface area contributed by atoms with Crippen LogP contribution >= 0.6 is 0 Å². The number of morpholine rings is 1. The van der Waals surface area contributed by atoms with E-state index in [0.717, 1.165) is 11.3 Å². The third-order valence-corrected chi connectivity index (χ3v) is 5.22. The highest BCUT2D eigenvalue weighted by Gasteiger charge is 2.62. The molecule has 1 spiro atoms. The second-order valence-corrected chi connectivity index (χ2v) is 6.76. The number of hydrogen-bond donors (Lipinski definition) is 2. The first-order valence-corrected chi connectivity index (χ1v) is 8.10. The molecule has 0 bridgehead atoms. The Bertz CT molecular complexity index is 727. The number of ether oxygens (including phenoxy) is 1. The third kappa shape index (κ3) is 1.91. The topological polar surface area (TPSA) is 87.7 Å². The van der Waals surface area contributed by atoms with Gasteiger partial charge < -0.3 is 9.64 Å². The number of anilines is 1. The number of barbiturate groups is 1. The molecule has 4 amide bonds. The van der Waals surface area contributed by atoms with Crippen LogP contribution in [0.15, 0.2) is 24.3 Å². The summed E-state index contributed by atoms with van der Waals surface area (Å²) in [7, 11) is 0. The number of rotatable bonds is 0. The number of urea groups is 1. The zero-order valence-corrected chi connectivity index (χ0v) is 13.5. The molecule has 3 aliphatic heterocycles. The summed E-state index contributed by atoms with van der Waals surface area (Å²) in [6, 6.07) is 6.54. The van der Waals surface area contributed by atoms with Crippen molar-refractivity contribution in [1.82, 2.24) is 10.6 Å². The first-order chi connectivity index (χ1) is 11.4. The molecule has 0 saturated carbocycles. The van der Waals surface area contributed by atoms with Crippen molar-refractivity contribution < 1.29 is 19.1 Å². The third-order valence-electron chi connectivity index (χ3n) is 5.22. The van der Waals surface area contributed by atoms with Crippen LogP contribution in [0.2, 0.25) is 0 Å². The van der Waals surface area contributed by atoms with E-state index in [0.29, 0.717) is 6.54 Å². The molecule has 2 N–H and O–H groups in total. The number of amides is 4. The highest BCUT2D eigenvalue weighted by molar-refractivity contribution is 6.20. The summed E-state index contributed by atoms with van der Waals surface area (Å²) >= 11 is 0. The molecule has 24 heavy (non-hydrogen) atoms. The van der Waals surface area contributed by atoms with Gasteiger partial charge in [0.25, 0.3) is 0 Å². The van der Waals surface area contributed by atoms with Crippen LogP contribution in [0.25, 0.3) is 0 Å². The smallest absolute Gasteiger partial charge is 0.328 e. The van der Waals surface area contributed by atoms with E-state index in [2.05, 4.69) is 15.5 Å². The fraction of sp³-hybridized carbons (Fsp3) is 0.471. The lowest BCUT2D eigenvalue weighted by atomic mass is 9.66. The maximum absolute atomic E-state index is 12.8. The predicted octanol–water partition coefficient (Wildman–Crippen LogP) is 0.577. The Kier molecular flexibility index (Phi) is 3.18. The van der Waals surface area contributed by atoms with Crippen molar-refractivity contribution in [1.29, 1.82) is 0 Å². The molecular formula is C17H19N3O4. The van der Waals surface area contributed by atoms with Crippen LogP contribution in [-0.4, -0.2) is 42.6 Å². The number of benzene rings is 1. The van der Waals surface area contributed by atoms with Gasteiger partial charge in [-0.2, -0.15) is 0 Å². The quantitative estimate of drug-likeness (QED) is 0.680. The van der Waals surface area contributed by atoms with Gasteiger partial charge in [-0.05, 0) is 31.9 Å². The molecule has 3 aliphatic rings. The Labute approximate surface area is 139 Å². The Balaban J connectivity index is 1.91. The van der Waals surface area contributed by atoms with E-state index in [4.69, 9.17) is 4.74 Å². The molecule has 0 unspecified atom stereocenters. The van der Waals surface area contributed by atoms with Crippen molar-refractivity contribution in [2.24, 2.45) is 5.41 Å². The summed E-state index contributed by atoms with van der Waals surface area (Å²) in [5.41, 5.74) is 0.573. The van der Waals surface area contributed by atoms with Gasteiger partial charge in [0.2, 0.25) is 11.8 Å². The van der Waals surface area contributed by atoms with Gasteiger partial charge in [0.05, 0.1) is 18.2 Å². The Morgan fingerprint density at radius 3 is 2.50 bits per heavy atom. The molecule has 1 aromatic rings. The average Bonchev–Trinajstić information content (AvgIpc) is 2.52.